The van der Waals surface area contributed by atoms with Gasteiger partial charge in [0.15, 0.2) is 0 Å². The van der Waals surface area contributed by atoms with Crippen LogP contribution < -0.4 is 0 Å². The fourth-order valence-corrected chi connectivity index (χ4v) is 1.78. The van der Waals surface area contributed by atoms with Gasteiger partial charge in [-0.3, -0.25) is 0 Å². The lowest BCUT2D eigenvalue weighted by Crippen LogP contribution is -1.84. The number of nitrogens with zero attached hydrogens (tertiary/aromatic N) is 2. The normalized spacial score (nSPS) is 11.4. The van der Waals surface area contributed by atoms with Gasteiger partial charge < -0.3 is 0 Å². The summed E-state index contributed by atoms with van der Waals surface area (Å²) < 4.78 is 0. The molecule has 1 heterocycles. The standard InChI is InChI=1S/C12H11ClN2S/c13-12-10-7-9(3-1-2-6-16)4-5-11(10)14-8-15-12/h1,3-5,7-8,16H,2,6H2. The van der Waals surface area contributed by atoms with Crippen molar-refractivity contribution in [2.75, 3.05) is 5.75 Å². The summed E-state index contributed by atoms with van der Waals surface area (Å²) in [6.45, 7) is 0. The number of allylic oxidation sites excluding steroid dienone is 1. The summed E-state index contributed by atoms with van der Waals surface area (Å²) in [5, 5.41) is 1.38. The SMILES string of the molecule is SCCC=Cc1ccc2ncnc(Cl)c2c1. The van der Waals surface area contributed by atoms with Crippen molar-refractivity contribution in [2.24, 2.45) is 0 Å². The summed E-state index contributed by atoms with van der Waals surface area (Å²) in [6, 6.07) is 5.95. The fourth-order valence-electron chi connectivity index (χ4n) is 1.44. The highest BCUT2D eigenvalue weighted by molar-refractivity contribution is 7.80. The van der Waals surface area contributed by atoms with Gasteiger partial charge in [0.05, 0.1) is 5.52 Å². The summed E-state index contributed by atoms with van der Waals surface area (Å²) in [4.78, 5) is 8.11. The van der Waals surface area contributed by atoms with E-state index in [0.717, 1.165) is 28.6 Å². The lowest BCUT2D eigenvalue weighted by Gasteiger charge is -2.00. The molecular weight excluding hydrogens is 240 g/mol. The van der Waals surface area contributed by atoms with E-state index < -0.39 is 0 Å². The molecule has 2 rings (SSSR count). The fraction of sp³-hybridized carbons (Fsp3) is 0.167. The van der Waals surface area contributed by atoms with Gasteiger partial charge in [-0.1, -0.05) is 29.8 Å². The molecule has 0 saturated carbocycles. The molecule has 0 aliphatic rings. The van der Waals surface area contributed by atoms with Gasteiger partial charge in [-0.2, -0.15) is 12.6 Å². The Morgan fingerprint density at radius 3 is 3.00 bits per heavy atom. The van der Waals surface area contributed by atoms with Gasteiger partial charge >= 0.3 is 0 Å². The van der Waals surface area contributed by atoms with Crippen LogP contribution in [0.2, 0.25) is 5.15 Å². The molecule has 0 aliphatic carbocycles. The van der Waals surface area contributed by atoms with Crippen molar-refractivity contribution in [1.29, 1.82) is 0 Å². The van der Waals surface area contributed by atoms with Crippen molar-refractivity contribution in [3.63, 3.8) is 0 Å². The van der Waals surface area contributed by atoms with Crippen molar-refractivity contribution in [3.8, 4) is 0 Å². The number of thiol groups is 1. The number of aromatic nitrogens is 2. The van der Waals surface area contributed by atoms with E-state index in [1.54, 1.807) is 0 Å². The lowest BCUT2D eigenvalue weighted by molar-refractivity contribution is 1.22. The van der Waals surface area contributed by atoms with E-state index >= 15 is 0 Å². The highest BCUT2D eigenvalue weighted by atomic mass is 35.5. The number of hydrogen-bond acceptors (Lipinski definition) is 3. The first-order valence-electron chi connectivity index (χ1n) is 4.99. The Balaban J connectivity index is 2.39. The molecule has 0 bridgehead atoms. The molecule has 1 aromatic carbocycles. The van der Waals surface area contributed by atoms with Gasteiger partial charge in [-0.05, 0) is 29.9 Å². The van der Waals surface area contributed by atoms with Crippen molar-refractivity contribution in [3.05, 3.63) is 41.3 Å². The molecule has 0 radical (unpaired) electrons. The molecule has 0 saturated heterocycles. The average Bonchev–Trinajstić information content (AvgIpc) is 2.30. The van der Waals surface area contributed by atoms with Crippen LogP contribution in [0.5, 0.6) is 0 Å². The van der Waals surface area contributed by atoms with Crippen LogP contribution in [0.1, 0.15) is 12.0 Å². The van der Waals surface area contributed by atoms with Gasteiger partial charge in [0.2, 0.25) is 0 Å². The summed E-state index contributed by atoms with van der Waals surface area (Å²) in [7, 11) is 0. The molecule has 0 unspecified atom stereocenters. The Hall–Kier alpha value is -1.06. The first kappa shape index (κ1) is 11.4. The van der Waals surface area contributed by atoms with Gasteiger partial charge in [0.25, 0.3) is 0 Å². The summed E-state index contributed by atoms with van der Waals surface area (Å²) in [5.41, 5.74) is 1.97. The van der Waals surface area contributed by atoms with Crippen LogP contribution >= 0.6 is 24.2 Å². The Morgan fingerprint density at radius 1 is 1.31 bits per heavy atom. The maximum atomic E-state index is 6.00. The molecule has 82 valence electrons. The minimum Gasteiger partial charge on any atom is -0.236 e. The molecule has 0 spiro atoms. The highest BCUT2D eigenvalue weighted by Crippen LogP contribution is 2.21. The van der Waals surface area contributed by atoms with E-state index in [-0.39, 0.29) is 0 Å². The molecule has 1 aromatic heterocycles. The monoisotopic (exact) mass is 250 g/mol. The Bertz CT molecular complexity index is 525. The van der Waals surface area contributed by atoms with Crippen LogP contribution in [0, 0.1) is 0 Å². The number of halogens is 1. The third-order valence-electron chi connectivity index (χ3n) is 2.22. The quantitative estimate of drug-likeness (QED) is 0.665. The van der Waals surface area contributed by atoms with E-state index in [1.165, 1.54) is 6.33 Å². The smallest absolute Gasteiger partial charge is 0.140 e. The highest BCUT2D eigenvalue weighted by Gasteiger charge is 2.00. The molecule has 2 aromatic rings. The van der Waals surface area contributed by atoms with Crippen LogP contribution in [0.4, 0.5) is 0 Å². The van der Waals surface area contributed by atoms with Crippen LogP contribution in [0.15, 0.2) is 30.6 Å². The van der Waals surface area contributed by atoms with E-state index in [4.69, 9.17) is 11.6 Å². The third kappa shape index (κ3) is 2.54. The zero-order chi connectivity index (χ0) is 11.4. The Kier molecular flexibility index (Phi) is 3.80. The zero-order valence-electron chi connectivity index (χ0n) is 8.60. The van der Waals surface area contributed by atoms with Gasteiger partial charge in [-0.15, -0.1) is 0 Å². The maximum absolute atomic E-state index is 6.00. The molecule has 0 aliphatic heterocycles. The molecule has 0 amide bonds. The minimum absolute atomic E-state index is 0.495. The molecule has 4 heteroatoms. The average molecular weight is 251 g/mol. The van der Waals surface area contributed by atoms with Gasteiger partial charge in [0.1, 0.15) is 11.5 Å². The van der Waals surface area contributed by atoms with Crippen LogP contribution in [-0.4, -0.2) is 15.7 Å². The van der Waals surface area contributed by atoms with E-state index in [1.807, 2.05) is 18.2 Å². The lowest BCUT2D eigenvalue weighted by atomic mass is 10.1. The number of rotatable bonds is 3. The van der Waals surface area contributed by atoms with Crippen molar-refractivity contribution >= 4 is 41.2 Å². The van der Waals surface area contributed by atoms with Crippen molar-refractivity contribution < 1.29 is 0 Å². The zero-order valence-corrected chi connectivity index (χ0v) is 10.2. The second kappa shape index (κ2) is 5.32. The maximum Gasteiger partial charge on any atom is 0.140 e. The minimum atomic E-state index is 0.495. The van der Waals surface area contributed by atoms with Crippen molar-refractivity contribution in [1.82, 2.24) is 9.97 Å². The van der Waals surface area contributed by atoms with E-state index in [9.17, 15) is 0 Å². The molecule has 0 N–H and O–H groups in total. The molecule has 2 nitrogen and oxygen atoms in total. The summed E-state index contributed by atoms with van der Waals surface area (Å²) in [5.74, 6) is 0.855. The first-order chi connectivity index (χ1) is 7.81. The van der Waals surface area contributed by atoms with E-state index in [2.05, 4.69) is 34.7 Å². The molecule has 16 heavy (non-hydrogen) atoms. The Labute approximate surface area is 105 Å². The second-order valence-corrected chi connectivity index (χ2v) is 4.16. The number of hydrogen-bond donors (Lipinski definition) is 1. The largest absolute Gasteiger partial charge is 0.236 e. The van der Waals surface area contributed by atoms with Crippen LogP contribution in [-0.2, 0) is 0 Å². The molecule has 0 atom stereocenters. The summed E-state index contributed by atoms with van der Waals surface area (Å²) in [6.07, 6.45) is 6.58. The third-order valence-corrected chi connectivity index (χ3v) is 2.78. The predicted molar refractivity (Wildman–Crippen MR) is 72.1 cm³/mol. The van der Waals surface area contributed by atoms with Gasteiger partial charge in [0, 0.05) is 5.39 Å². The first-order valence-corrected chi connectivity index (χ1v) is 6.00. The van der Waals surface area contributed by atoms with Crippen LogP contribution in [0.25, 0.3) is 17.0 Å². The van der Waals surface area contributed by atoms with Crippen molar-refractivity contribution in [2.45, 2.75) is 6.42 Å². The molecule has 0 fully saturated rings. The number of benzene rings is 1. The topological polar surface area (TPSA) is 25.8 Å². The summed E-state index contributed by atoms with van der Waals surface area (Å²) >= 11 is 10.2. The Morgan fingerprint density at radius 2 is 2.19 bits per heavy atom. The predicted octanol–water partition coefficient (Wildman–Crippen LogP) is 3.62. The van der Waals surface area contributed by atoms with E-state index in [0.29, 0.717) is 5.15 Å². The second-order valence-electron chi connectivity index (χ2n) is 3.36. The number of fused-ring (bicyclic) bond motifs is 1. The van der Waals surface area contributed by atoms with Crippen LogP contribution in [0.3, 0.4) is 0 Å². The van der Waals surface area contributed by atoms with Gasteiger partial charge in [-0.25, -0.2) is 9.97 Å². The molecular formula is C12H11ClN2S.